The number of phenols is 1. The SMILES string of the molecule is N#CCS(=O)(=O)Nc1ccc(F)cc1O. The molecule has 0 aliphatic carbocycles. The Bertz CT molecular complexity index is 507. The van der Waals surface area contributed by atoms with E-state index in [1.54, 1.807) is 0 Å². The van der Waals surface area contributed by atoms with Crippen LogP contribution in [0.25, 0.3) is 0 Å². The van der Waals surface area contributed by atoms with E-state index in [1.807, 2.05) is 4.72 Å². The van der Waals surface area contributed by atoms with Gasteiger partial charge in [0.25, 0.3) is 0 Å². The zero-order chi connectivity index (χ0) is 11.5. The molecule has 0 saturated heterocycles. The van der Waals surface area contributed by atoms with Crippen molar-refractivity contribution >= 4 is 15.7 Å². The Morgan fingerprint density at radius 1 is 1.53 bits per heavy atom. The van der Waals surface area contributed by atoms with Gasteiger partial charge in [-0.15, -0.1) is 0 Å². The summed E-state index contributed by atoms with van der Waals surface area (Å²) < 4.78 is 36.7. The lowest BCUT2D eigenvalue weighted by Crippen LogP contribution is -2.15. The number of phenolic OH excluding ortho intramolecular Hbond substituents is 1. The molecule has 1 aromatic rings. The van der Waals surface area contributed by atoms with E-state index in [0.29, 0.717) is 0 Å². The van der Waals surface area contributed by atoms with Gasteiger partial charge in [-0.25, -0.2) is 12.8 Å². The van der Waals surface area contributed by atoms with Gasteiger partial charge < -0.3 is 5.11 Å². The van der Waals surface area contributed by atoms with Crippen LogP contribution < -0.4 is 4.72 Å². The normalized spacial score (nSPS) is 10.7. The number of halogens is 1. The van der Waals surface area contributed by atoms with E-state index in [9.17, 15) is 17.9 Å². The Kier molecular flexibility index (Phi) is 3.11. The minimum absolute atomic E-state index is 0.161. The van der Waals surface area contributed by atoms with Gasteiger partial charge in [0.1, 0.15) is 11.6 Å². The molecule has 0 unspecified atom stereocenters. The average molecular weight is 230 g/mol. The third kappa shape index (κ3) is 3.11. The van der Waals surface area contributed by atoms with Crippen molar-refractivity contribution in [2.45, 2.75) is 0 Å². The summed E-state index contributed by atoms with van der Waals surface area (Å²) in [6.07, 6.45) is 0. The molecule has 0 heterocycles. The van der Waals surface area contributed by atoms with E-state index < -0.39 is 27.3 Å². The lowest BCUT2D eigenvalue weighted by Gasteiger charge is -2.06. The zero-order valence-electron chi connectivity index (χ0n) is 7.44. The largest absolute Gasteiger partial charge is 0.506 e. The monoisotopic (exact) mass is 230 g/mol. The summed E-state index contributed by atoms with van der Waals surface area (Å²) in [7, 11) is -3.81. The van der Waals surface area contributed by atoms with Crippen LogP contribution in [-0.4, -0.2) is 19.3 Å². The van der Waals surface area contributed by atoms with Gasteiger partial charge >= 0.3 is 0 Å². The number of hydrogen-bond donors (Lipinski definition) is 2. The smallest absolute Gasteiger partial charge is 0.246 e. The molecule has 0 aliphatic rings. The minimum atomic E-state index is -3.81. The number of rotatable bonds is 3. The predicted octanol–water partition coefficient (Wildman–Crippen LogP) is 0.797. The third-order valence-electron chi connectivity index (χ3n) is 1.48. The zero-order valence-corrected chi connectivity index (χ0v) is 8.25. The van der Waals surface area contributed by atoms with Crippen LogP contribution in [0.5, 0.6) is 5.75 Å². The number of nitrogens with one attached hydrogen (secondary N) is 1. The molecule has 7 heteroatoms. The molecular weight excluding hydrogens is 223 g/mol. The van der Waals surface area contributed by atoms with E-state index in [2.05, 4.69) is 0 Å². The molecule has 0 atom stereocenters. The van der Waals surface area contributed by atoms with Gasteiger partial charge in [0.05, 0.1) is 11.8 Å². The molecule has 0 radical (unpaired) electrons. The molecule has 0 bridgehead atoms. The first kappa shape index (κ1) is 11.3. The number of nitriles is 1. The van der Waals surface area contributed by atoms with Crippen LogP contribution in [-0.2, 0) is 10.0 Å². The summed E-state index contributed by atoms with van der Waals surface area (Å²) >= 11 is 0. The molecule has 0 amide bonds. The fourth-order valence-electron chi connectivity index (χ4n) is 0.880. The van der Waals surface area contributed by atoms with Crippen molar-refractivity contribution in [2.75, 3.05) is 10.5 Å². The van der Waals surface area contributed by atoms with Crippen LogP contribution in [0.4, 0.5) is 10.1 Å². The van der Waals surface area contributed by atoms with Crippen molar-refractivity contribution in [3.8, 4) is 11.8 Å². The molecule has 80 valence electrons. The molecule has 2 N–H and O–H groups in total. The van der Waals surface area contributed by atoms with E-state index >= 15 is 0 Å². The number of sulfonamides is 1. The highest BCUT2D eigenvalue weighted by Crippen LogP contribution is 2.24. The highest BCUT2D eigenvalue weighted by molar-refractivity contribution is 7.92. The highest BCUT2D eigenvalue weighted by atomic mass is 32.2. The molecule has 0 spiro atoms. The van der Waals surface area contributed by atoms with Gasteiger partial charge in [-0.3, -0.25) is 4.72 Å². The molecule has 0 saturated carbocycles. The molecular formula is C8H7FN2O3S. The Balaban J connectivity index is 2.96. The fourth-order valence-corrected chi connectivity index (χ4v) is 1.63. The van der Waals surface area contributed by atoms with Gasteiger partial charge in [-0.2, -0.15) is 5.26 Å². The molecule has 1 aromatic carbocycles. The number of anilines is 1. The van der Waals surface area contributed by atoms with Crippen LogP contribution >= 0.6 is 0 Å². The molecule has 0 fully saturated rings. The van der Waals surface area contributed by atoms with Crippen molar-refractivity contribution in [3.05, 3.63) is 24.0 Å². The summed E-state index contributed by atoms with van der Waals surface area (Å²) in [5, 5.41) is 17.4. The maximum Gasteiger partial charge on any atom is 0.246 e. The molecule has 0 aliphatic heterocycles. The standard InChI is InChI=1S/C8H7FN2O3S/c9-6-1-2-7(8(12)5-6)11-15(13,14)4-3-10/h1-2,5,11-12H,4H2. The maximum atomic E-state index is 12.5. The molecule has 0 aromatic heterocycles. The summed E-state index contributed by atoms with van der Waals surface area (Å²) in [5.41, 5.74) is -0.161. The van der Waals surface area contributed by atoms with Gasteiger partial charge in [-0.1, -0.05) is 0 Å². The summed E-state index contributed by atoms with van der Waals surface area (Å²) in [6.45, 7) is 0. The fraction of sp³-hybridized carbons (Fsp3) is 0.125. The lowest BCUT2D eigenvalue weighted by molar-refractivity contribution is 0.471. The Labute approximate surface area is 85.8 Å². The predicted molar refractivity (Wildman–Crippen MR) is 51.1 cm³/mol. The summed E-state index contributed by atoms with van der Waals surface area (Å²) in [5.74, 6) is -1.95. The first-order valence-corrected chi connectivity index (χ1v) is 5.46. The quantitative estimate of drug-likeness (QED) is 0.751. The summed E-state index contributed by atoms with van der Waals surface area (Å²) in [4.78, 5) is 0. The topological polar surface area (TPSA) is 90.2 Å². The van der Waals surface area contributed by atoms with E-state index in [4.69, 9.17) is 5.26 Å². The van der Waals surface area contributed by atoms with Crippen LogP contribution in [0.2, 0.25) is 0 Å². The van der Waals surface area contributed by atoms with Crippen LogP contribution in [0.15, 0.2) is 18.2 Å². The second-order valence-corrected chi connectivity index (χ2v) is 4.40. The summed E-state index contributed by atoms with van der Waals surface area (Å²) in [6, 6.07) is 4.28. The minimum Gasteiger partial charge on any atom is -0.506 e. The molecule has 1 rings (SSSR count). The molecule has 5 nitrogen and oxygen atoms in total. The van der Waals surface area contributed by atoms with Gasteiger partial charge in [0.2, 0.25) is 10.0 Å². The van der Waals surface area contributed by atoms with Gasteiger partial charge in [-0.05, 0) is 12.1 Å². The second-order valence-electron chi connectivity index (χ2n) is 2.68. The van der Waals surface area contributed by atoms with Crippen molar-refractivity contribution in [2.24, 2.45) is 0 Å². The van der Waals surface area contributed by atoms with Gasteiger partial charge in [0, 0.05) is 6.07 Å². The van der Waals surface area contributed by atoms with Crippen molar-refractivity contribution < 1.29 is 17.9 Å². The van der Waals surface area contributed by atoms with Crippen molar-refractivity contribution in [1.29, 1.82) is 5.26 Å². The van der Waals surface area contributed by atoms with E-state index in [0.717, 1.165) is 18.2 Å². The number of aromatic hydroxyl groups is 1. The number of benzene rings is 1. The maximum absolute atomic E-state index is 12.5. The number of nitrogens with zero attached hydrogens (tertiary/aromatic N) is 1. The van der Waals surface area contributed by atoms with E-state index in [-0.39, 0.29) is 5.69 Å². The second kappa shape index (κ2) is 4.14. The first-order valence-electron chi connectivity index (χ1n) is 3.80. The van der Waals surface area contributed by atoms with Crippen LogP contribution in [0, 0.1) is 17.1 Å². The van der Waals surface area contributed by atoms with Crippen LogP contribution in [0.1, 0.15) is 0 Å². The Hall–Kier alpha value is -1.81. The van der Waals surface area contributed by atoms with E-state index in [1.165, 1.54) is 6.07 Å². The van der Waals surface area contributed by atoms with Crippen molar-refractivity contribution in [3.63, 3.8) is 0 Å². The number of hydrogen-bond acceptors (Lipinski definition) is 4. The first-order chi connectivity index (χ1) is 6.94. The Morgan fingerprint density at radius 3 is 2.73 bits per heavy atom. The van der Waals surface area contributed by atoms with Crippen LogP contribution in [0.3, 0.4) is 0 Å². The molecule has 15 heavy (non-hydrogen) atoms. The van der Waals surface area contributed by atoms with Gasteiger partial charge in [0.15, 0.2) is 5.75 Å². The third-order valence-corrected chi connectivity index (χ3v) is 2.52. The Morgan fingerprint density at radius 2 is 2.20 bits per heavy atom. The average Bonchev–Trinajstić information content (AvgIpc) is 2.09. The lowest BCUT2D eigenvalue weighted by atomic mass is 10.3. The highest BCUT2D eigenvalue weighted by Gasteiger charge is 2.12. The van der Waals surface area contributed by atoms with Crippen molar-refractivity contribution in [1.82, 2.24) is 0 Å².